The van der Waals surface area contributed by atoms with Crippen LogP contribution in [0.5, 0.6) is 5.75 Å². The monoisotopic (exact) mass is 487 g/mol. The van der Waals surface area contributed by atoms with Crippen LogP contribution in [0.4, 0.5) is 5.69 Å². The van der Waals surface area contributed by atoms with E-state index in [9.17, 15) is 4.79 Å². The smallest absolute Gasteiger partial charge is 0.234 e. The summed E-state index contributed by atoms with van der Waals surface area (Å²) in [6, 6.07) is 17.2. The molecule has 0 spiro atoms. The number of carbonyl (C=O) groups is 1. The molecule has 9 nitrogen and oxygen atoms in total. The highest BCUT2D eigenvalue weighted by molar-refractivity contribution is 7.99. The minimum atomic E-state index is -0.142. The van der Waals surface area contributed by atoms with Crippen LogP contribution in [0.3, 0.4) is 0 Å². The largest absolute Gasteiger partial charge is 0.497 e. The van der Waals surface area contributed by atoms with E-state index in [-0.39, 0.29) is 11.7 Å². The number of ether oxygens (including phenoxy) is 1. The number of methoxy groups -OCH3 is 1. The number of anilines is 1. The third-order valence-electron chi connectivity index (χ3n) is 5.53. The summed E-state index contributed by atoms with van der Waals surface area (Å²) in [5.74, 6) is 1.43. The number of aromatic nitrogens is 6. The molecule has 0 aliphatic rings. The molecule has 35 heavy (non-hydrogen) atoms. The first-order valence-corrected chi connectivity index (χ1v) is 12.2. The molecule has 0 bridgehead atoms. The normalized spacial score (nSPS) is 11.3. The third-order valence-corrected chi connectivity index (χ3v) is 6.46. The summed E-state index contributed by atoms with van der Waals surface area (Å²) in [5.41, 5.74) is 4.32. The molecule has 5 rings (SSSR count). The van der Waals surface area contributed by atoms with Gasteiger partial charge in [-0.25, -0.2) is 9.97 Å². The standard InChI is InChI=1S/C25H25N7O2S/c1-16-13-17(2)31(29-16)12-11-22-28-24-20-9-4-5-10-21(20)27-25(32(24)30-22)35-15-23(33)26-18-7-6-8-19(14-18)34-3/h4-10,13-14H,11-12,15H2,1-3H3,(H,26,33). The maximum absolute atomic E-state index is 12.6. The Morgan fingerprint density at radius 1 is 1.06 bits per heavy atom. The quantitative estimate of drug-likeness (QED) is 0.260. The van der Waals surface area contributed by atoms with E-state index in [1.807, 2.05) is 61.0 Å². The van der Waals surface area contributed by atoms with Gasteiger partial charge in [0.05, 0.1) is 24.1 Å². The predicted molar refractivity (Wildman–Crippen MR) is 136 cm³/mol. The second-order valence-electron chi connectivity index (χ2n) is 8.14. The first-order valence-electron chi connectivity index (χ1n) is 11.2. The Bertz CT molecular complexity index is 1530. The molecular weight excluding hydrogens is 462 g/mol. The lowest BCUT2D eigenvalue weighted by atomic mass is 10.2. The molecule has 0 radical (unpaired) electrons. The number of amides is 1. The number of fused-ring (bicyclic) bond motifs is 3. The van der Waals surface area contributed by atoms with Gasteiger partial charge in [-0.2, -0.15) is 9.61 Å². The number of aryl methyl sites for hydroxylation is 4. The molecule has 3 aromatic heterocycles. The summed E-state index contributed by atoms with van der Waals surface area (Å²) in [7, 11) is 1.59. The SMILES string of the molecule is COc1cccc(NC(=O)CSc2nc3ccccc3c3nc(CCn4nc(C)cc4C)nn23)c1. The van der Waals surface area contributed by atoms with Crippen LogP contribution in [-0.2, 0) is 17.8 Å². The summed E-state index contributed by atoms with van der Waals surface area (Å²) >= 11 is 1.32. The van der Waals surface area contributed by atoms with E-state index < -0.39 is 0 Å². The number of para-hydroxylation sites is 1. The van der Waals surface area contributed by atoms with E-state index in [0.717, 1.165) is 27.9 Å². The average Bonchev–Trinajstić information content (AvgIpc) is 3.43. The molecule has 178 valence electrons. The predicted octanol–water partition coefficient (Wildman–Crippen LogP) is 4.07. The number of hydrogen-bond acceptors (Lipinski definition) is 7. The maximum atomic E-state index is 12.6. The molecule has 0 saturated carbocycles. The van der Waals surface area contributed by atoms with Crippen molar-refractivity contribution in [3.63, 3.8) is 0 Å². The second-order valence-corrected chi connectivity index (χ2v) is 9.09. The number of nitrogens with one attached hydrogen (secondary N) is 1. The number of benzene rings is 2. The van der Waals surface area contributed by atoms with Gasteiger partial charge in [0.1, 0.15) is 5.75 Å². The van der Waals surface area contributed by atoms with E-state index in [1.54, 1.807) is 17.7 Å². The van der Waals surface area contributed by atoms with Gasteiger partial charge >= 0.3 is 0 Å². The fourth-order valence-electron chi connectivity index (χ4n) is 3.91. The van der Waals surface area contributed by atoms with Gasteiger partial charge in [-0.3, -0.25) is 9.48 Å². The van der Waals surface area contributed by atoms with E-state index in [1.165, 1.54) is 11.8 Å². The Hall–Kier alpha value is -3.92. The van der Waals surface area contributed by atoms with Gasteiger partial charge in [0.2, 0.25) is 5.91 Å². The van der Waals surface area contributed by atoms with Crippen LogP contribution < -0.4 is 10.1 Å². The van der Waals surface area contributed by atoms with Crippen molar-refractivity contribution < 1.29 is 9.53 Å². The first kappa shape index (κ1) is 22.9. The molecule has 0 aliphatic heterocycles. The lowest BCUT2D eigenvalue weighted by Crippen LogP contribution is -2.14. The minimum Gasteiger partial charge on any atom is -0.497 e. The highest BCUT2D eigenvalue weighted by Gasteiger charge is 2.16. The number of carbonyl (C=O) groups excluding carboxylic acids is 1. The molecule has 0 aliphatic carbocycles. The summed E-state index contributed by atoms with van der Waals surface area (Å²) in [6.45, 7) is 4.71. The summed E-state index contributed by atoms with van der Waals surface area (Å²) < 4.78 is 8.93. The Morgan fingerprint density at radius 2 is 1.91 bits per heavy atom. The van der Waals surface area contributed by atoms with Gasteiger partial charge in [0.15, 0.2) is 16.6 Å². The van der Waals surface area contributed by atoms with Gasteiger partial charge in [-0.15, -0.1) is 5.10 Å². The van der Waals surface area contributed by atoms with Gasteiger partial charge in [0, 0.05) is 35.8 Å². The fraction of sp³-hybridized carbons (Fsp3) is 0.240. The second kappa shape index (κ2) is 9.75. The molecule has 0 atom stereocenters. The van der Waals surface area contributed by atoms with Crippen LogP contribution >= 0.6 is 11.8 Å². The van der Waals surface area contributed by atoms with E-state index in [2.05, 4.69) is 16.5 Å². The Morgan fingerprint density at radius 3 is 2.71 bits per heavy atom. The van der Waals surface area contributed by atoms with Crippen LogP contribution in [0, 0.1) is 13.8 Å². The lowest BCUT2D eigenvalue weighted by molar-refractivity contribution is -0.113. The van der Waals surface area contributed by atoms with Crippen LogP contribution in [0.2, 0.25) is 0 Å². The molecule has 1 N–H and O–H groups in total. The molecule has 3 heterocycles. The van der Waals surface area contributed by atoms with Crippen molar-refractivity contribution in [1.29, 1.82) is 0 Å². The van der Waals surface area contributed by atoms with Crippen molar-refractivity contribution in [1.82, 2.24) is 29.4 Å². The number of hydrogen-bond donors (Lipinski definition) is 1. The van der Waals surface area contributed by atoms with Crippen molar-refractivity contribution in [3.8, 4) is 5.75 Å². The van der Waals surface area contributed by atoms with Crippen molar-refractivity contribution in [2.45, 2.75) is 32.0 Å². The first-order chi connectivity index (χ1) is 17.0. The third kappa shape index (κ3) is 4.97. The topological polar surface area (TPSA) is 99.2 Å². The van der Waals surface area contributed by atoms with Crippen LogP contribution in [0.25, 0.3) is 16.6 Å². The van der Waals surface area contributed by atoms with Crippen LogP contribution in [0.15, 0.2) is 59.8 Å². The molecular formula is C25H25N7O2S. The van der Waals surface area contributed by atoms with Crippen LogP contribution in [0.1, 0.15) is 17.2 Å². The van der Waals surface area contributed by atoms with Crippen molar-refractivity contribution >= 4 is 39.9 Å². The molecule has 1 amide bonds. The Balaban J connectivity index is 1.38. The Labute approximate surface area is 206 Å². The highest BCUT2D eigenvalue weighted by Crippen LogP contribution is 2.24. The van der Waals surface area contributed by atoms with Gasteiger partial charge in [-0.05, 0) is 44.2 Å². The van der Waals surface area contributed by atoms with Gasteiger partial charge < -0.3 is 10.1 Å². The zero-order chi connectivity index (χ0) is 24.4. The summed E-state index contributed by atoms with van der Waals surface area (Å²) in [4.78, 5) is 22.2. The van der Waals surface area contributed by atoms with Gasteiger partial charge in [-0.1, -0.05) is 30.0 Å². The molecule has 2 aromatic carbocycles. The zero-order valence-corrected chi connectivity index (χ0v) is 20.5. The van der Waals surface area contributed by atoms with Gasteiger partial charge in [0.25, 0.3) is 0 Å². The highest BCUT2D eigenvalue weighted by atomic mass is 32.2. The molecule has 0 unspecified atom stereocenters. The molecule has 0 fully saturated rings. The number of nitrogens with zero attached hydrogens (tertiary/aromatic N) is 6. The van der Waals surface area contributed by atoms with E-state index >= 15 is 0 Å². The summed E-state index contributed by atoms with van der Waals surface area (Å²) in [6.07, 6.45) is 0.637. The molecule has 0 saturated heterocycles. The minimum absolute atomic E-state index is 0.142. The molecule has 5 aromatic rings. The number of rotatable bonds is 8. The summed E-state index contributed by atoms with van der Waals surface area (Å²) in [5, 5.41) is 13.7. The number of thioether (sulfide) groups is 1. The lowest BCUT2D eigenvalue weighted by Gasteiger charge is -2.08. The van der Waals surface area contributed by atoms with Crippen molar-refractivity contribution in [3.05, 3.63) is 71.8 Å². The fourth-order valence-corrected chi connectivity index (χ4v) is 4.65. The van der Waals surface area contributed by atoms with Crippen molar-refractivity contribution in [2.75, 3.05) is 18.2 Å². The van der Waals surface area contributed by atoms with Crippen LogP contribution in [-0.4, -0.2) is 48.1 Å². The molecule has 10 heteroatoms. The Kier molecular flexibility index (Phi) is 6.37. The van der Waals surface area contributed by atoms with E-state index in [4.69, 9.17) is 19.8 Å². The zero-order valence-electron chi connectivity index (χ0n) is 19.7. The van der Waals surface area contributed by atoms with Crippen molar-refractivity contribution in [2.24, 2.45) is 0 Å². The average molecular weight is 488 g/mol. The maximum Gasteiger partial charge on any atom is 0.234 e. The van der Waals surface area contributed by atoms with E-state index in [0.29, 0.717) is 35.4 Å².